The van der Waals surface area contributed by atoms with E-state index in [1.807, 2.05) is 0 Å². The van der Waals surface area contributed by atoms with E-state index in [9.17, 15) is 13.2 Å². The molecular weight excluding hydrogens is 216 g/mol. The van der Waals surface area contributed by atoms with Crippen molar-refractivity contribution < 1.29 is 17.4 Å². The van der Waals surface area contributed by atoms with E-state index < -0.39 is 21.7 Å². The van der Waals surface area contributed by atoms with Crippen molar-refractivity contribution in [3.8, 4) is 5.75 Å². The van der Waals surface area contributed by atoms with E-state index in [1.165, 1.54) is 0 Å². The Kier molecular flexibility index (Phi) is 2.08. The lowest BCUT2D eigenvalue weighted by molar-refractivity contribution is 0.101. The normalized spacial score (nSPS) is 18.1. The van der Waals surface area contributed by atoms with Gasteiger partial charge in [0, 0.05) is 0 Å². The van der Waals surface area contributed by atoms with Gasteiger partial charge in [-0.05, 0) is 25.0 Å². The number of hydrogen-bond donors (Lipinski definition) is 0. The highest BCUT2D eigenvalue weighted by Gasteiger charge is 2.31. The Morgan fingerprint density at radius 1 is 1.20 bits per heavy atom. The van der Waals surface area contributed by atoms with Gasteiger partial charge in [0.05, 0.1) is 5.56 Å². The molecule has 0 amide bonds. The van der Waals surface area contributed by atoms with Gasteiger partial charge in [0.1, 0.15) is 5.75 Å². The molecule has 0 aliphatic carbocycles. The molecule has 0 radical (unpaired) electrons. The van der Waals surface area contributed by atoms with Crippen LogP contribution in [0, 0.1) is 13.8 Å². The lowest BCUT2D eigenvalue weighted by Gasteiger charge is -2.19. The van der Waals surface area contributed by atoms with Gasteiger partial charge in [-0.15, -0.1) is 0 Å². The van der Waals surface area contributed by atoms with Crippen molar-refractivity contribution in [3.05, 3.63) is 28.8 Å². The molecule has 15 heavy (non-hydrogen) atoms. The second kappa shape index (κ2) is 3.06. The molecule has 2 rings (SSSR count). The van der Waals surface area contributed by atoms with E-state index in [2.05, 4.69) is 0 Å². The average Bonchev–Trinajstić information content (AvgIpc) is 2.09. The van der Waals surface area contributed by atoms with Crippen LogP contribution in [0.15, 0.2) is 12.1 Å². The van der Waals surface area contributed by atoms with Crippen molar-refractivity contribution in [1.29, 1.82) is 0 Å². The molecule has 0 spiro atoms. The highest BCUT2D eigenvalue weighted by atomic mass is 32.2. The summed E-state index contributed by atoms with van der Waals surface area (Å²) in [6.45, 7) is 3.48. The maximum atomic E-state index is 11.6. The minimum Gasteiger partial charge on any atom is -0.381 e. The summed E-state index contributed by atoms with van der Waals surface area (Å²) in [7, 11) is -3.73. The van der Waals surface area contributed by atoms with Crippen molar-refractivity contribution in [1.82, 2.24) is 0 Å². The van der Waals surface area contributed by atoms with Crippen LogP contribution >= 0.6 is 0 Å². The summed E-state index contributed by atoms with van der Waals surface area (Å²) < 4.78 is 27.3. The SMILES string of the molecule is Cc1ccc(C)c2c1OS(=O)(=O)CC2=O. The number of hydrogen-bond acceptors (Lipinski definition) is 4. The summed E-state index contributed by atoms with van der Waals surface area (Å²) >= 11 is 0. The Balaban J connectivity index is 2.75. The summed E-state index contributed by atoms with van der Waals surface area (Å²) in [6.07, 6.45) is 0. The lowest BCUT2D eigenvalue weighted by atomic mass is 10.0. The van der Waals surface area contributed by atoms with Crippen LogP contribution in [0.1, 0.15) is 21.5 Å². The molecule has 1 aromatic carbocycles. The third kappa shape index (κ3) is 1.63. The highest BCUT2D eigenvalue weighted by Crippen LogP contribution is 2.32. The number of rotatable bonds is 0. The molecule has 1 aliphatic heterocycles. The summed E-state index contributed by atoms with van der Waals surface area (Å²) in [5, 5.41) is 0. The van der Waals surface area contributed by atoms with Crippen LogP contribution in [0.4, 0.5) is 0 Å². The summed E-state index contributed by atoms with van der Waals surface area (Å²) in [6, 6.07) is 3.52. The molecule has 0 fully saturated rings. The van der Waals surface area contributed by atoms with E-state index in [0.717, 1.165) is 5.56 Å². The zero-order valence-electron chi connectivity index (χ0n) is 8.40. The Labute approximate surface area is 88.0 Å². The molecule has 1 aliphatic rings. The first-order chi connectivity index (χ1) is 6.91. The first kappa shape index (κ1) is 10.2. The van der Waals surface area contributed by atoms with Crippen LogP contribution in [-0.2, 0) is 10.1 Å². The van der Waals surface area contributed by atoms with Gasteiger partial charge >= 0.3 is 10.1 Å². The lowest BCUT2D eigenvalue weighted by Crippen LogP contribution is -2.28. The average molecular weight is 226 g/mol. The van der Waals surface area contributed by atoms with Gasteiger partial charge in [-0.3, -0.25) is 4.79 Å². The smallest absolute Gasteiger partial charge is 0.316 e. The maximum absolute atomic E-state index is 11.6. The molecule has 1 heterocycles. The molecule has 0 N–H and O–H groups in total. The minimum atomic E-state index is -3.73. The van der Waals surface area contributed by atoms with Crippen molar-refractivity contribution in [2.45, 2.75) is 13.8 Å². The molecule has 0 saturated carbocycles. The monoisotopic (exact) mass is 226 g/mol. The largest absolute Gasteiger partial charge is 0.381 e. The Morgan fingerprint density at radius 2 is 1.80 bits per heavy atom. The zero-order chi connectivity index (χ0) is 11.2. The van der Waals surface area contributed by atoms with Gasteiger partial charge in [0.15, 0.2) is 11.5 Å². The second-order valence-corrected chi connectivity index (χ2v) is 5.18. The summed E-state index contributed by atoms with van der Waals surface area (Å²) in [5.41, 5.74) is 1.80. The Morgan fingerprint density at radius 3 is 2.47 bits per heavy atom. The van der Waals surface area contributed by atoms with E-state index >= 15 is 0 Å². The zero-order valence-corrected chi connectivity index (χ0v) is 9.22. The van der Waals surface area contributed by atoms with Gasteiger partial charge < -0.3 is 4.18 Å². The van der Waals surface area contributed by atoms with Crippen LogP contribution in [0.2, 0.25) is 0 Å². The first-order valence-electron chi connectivity index (χ1n) is 4.46. The van der Waals surface area contributed by atoms with Gasteiger partial charge in [-0.1, -0.05) is 12.1 Å². The van der Waals surface area contributed by atoms with Gasteiger partial charge in [-0.25, -0.2) is 0 Å². The van der Waals surface area contributed by atoms with E-state index in [4.69, 9.17) is 4.18 Å². The number of benzene rings is 1. The van der Waals surface area contributed by atoms with Crippen molar-refractivity contribution in [3.63, 3.8) is 0 Å². The third-order valence-electron chi connectivity index (χ3n) is 2.36. The minimum absolute atomic E-state index is 0.186. The summed E-state index contributed by atoms with van der Waals surface area (Å²) in [5.74, 6) is -0.770. The third-order valence-corrected chi connectivity index (χ3v) is 3.40. The van der Waals surface area contributed by atoms with Gasteiger partial charge in [0.2, 0.25) is 0 Å². The molecule has 0 bridgehead atoms. The topological polar surface area (TPSA) is 60.4 Å². The van der Waals surface area contributed by atoms with Crippen LogP contribution in [0.3, 0.4) is 0 Å². The number of carbonyl (C=O) groups is 1. The molecule has 0 unspecified atom stereocenters. The quantitative estimate of drug-likeness (QED) is 0.624. The molecule has 0 aromatic heterocycles. The van der Waals surface area contributed by atoms with Crippen molar-refractivity contribution in [2.75, 3.05) is 5.75 Å². The number of carbonyl (C=O) groups excluding carboxylic acids is 1. The van der Waals surface area contributed by atoms with E-state index in [1.54, 1.807) is 26.0 Å². The van der Waals surface area contributed by atoms with Gasteiger partial charge in [0.25, 0.3) is 0 Å². The predicted octanol–water partition coefficient (Wildman–Crippen LogP) is 1.21. The number of aryl methyl sites for hydroxylation is 2. The van der Waals surface area contributed by atoms with E-state index in [0.29, 0.717) is 11.1 Å². The predicted molar refractivity (Wildman–Crippen MR) is 54.7 cm³/mol. The van der Waals surface area contributed by atoms with Crippen LogP contribution < -0.4 is 4.18 Å². The Bertz CT molecular complexity index is 543. The highest BCUT2D eigenvalue weighted by molar-refractivity contribution is 7.88. The van der Waals surface area contributed by atoms with Crippen LogP contribution in [0.5, 0.6) is 5.75 Å². The van der Waals surface area contributed by atoms with E-state index in [-0.39, 0.29) is 5.75 Å². The fourth-order valence-electron chi connectivity index (χ4n) is 1.63. The fourth-order valence-corrected chi connectivity index (χ4v) is 2.62. The van der Waals surface area contributed by atoms with Crippen LogP contribution in [0.25, 0.3) is 0 Å². The van der Waals surface area contributed by atoms with Crippen molar-refractivity contribution >= 4 is 15.9 Å². The summed E-state index contributed by atoms with van der Waals surface area (Å²) in [4.78, 5) is 11.6. The number of Topliss-reactive ketones (excluding diaryl/α,β-unsaturated/α-hetero) is 1. The Hall–Kier alpha value is -1.36. The van der Waals surface area contributed by atoms with Gasteiger partial charge in [-0.2, -0.15) is 8.42 Å². The number of fused-ring (bicyclic) bond motifs is 1. The molecule has 80 valence electrons. The molecule has 1 aromatic rings. The van der Waals surface area contributed by atoms with Crippen LogP contribution in [-0.4, -0.2) is 20.0 Å². The maximum Gasteiger partial charge on any atom is 0.316 e. The standard InChI is InChI=1S/C10H10O4S/c1-6-3-4-7(2)10-9(6)8(11)5-15(12,13)14-10/h3-4H,5H2,1-2H3. The molecule has 0 atom stereocenters. The fraction of sp³-hybridized carbons (Fsp3) is 0.300. The number of ketones is 1. The second-order valence-electron chi connectivity index (χ2n) is 3.61. The molecule has 5 heteroatoms. The molecular formula is C10H10O4S. The molecule has 0 saturated heterocycles. The first-order valence-corrected chi connectivity index (χ1v) is 6.04. The molecule has 4 nitrogen and oxygen atoms in total. The van der Waals surface area contributed by atoms with Crippen molar-refractivity contribution in [2.24, 2.45) is 0 Å².